The van der Waals surface area contributed by atoms with Crippen molar-refractivity contribution in [3.05, 3.63) is 0 Å². The highest BCUT2D eigenvalue weighted by Crippen LogP contribution is 2.23. The molecular weight excluding hydrogens is 206 g/mol. The van der Waals surface area contributed by atoms with Crippen LogP contribution in [0, 0.1) is 0 Å². The van der Waals surface area contributed by atoms with Crippen molar-refractivity contribution >= 4 is 11.9 Å². The lowest BCUT2D eigenvalue weighted by Gasteiger charge is -2.39. The van der Waals surface area contributed by atoms with E-state index in [4.69, 9.17) is 5.11 Å². The molecule has 0 aromatic carbocycles. The summed E-state index contributed by atoms with van der Waals surface area (Å²) in [7, 11) is 0. The number of nitrogens with zero attached hydrogens (tertiary/aromatic N) is 1. The maximum absolute atomic E-state index is 11.9. The predicted octanol–water partition coefficient (Wildman–Crippen LogP) is 2.03. The molecule has 4 heteroatoms. The summed E-state index contributed by atoms with van der Waals surface area (Å²) in [6.07, 6.45) is 4.21. The van der Waals surface area contributed by atoms with Gasteiger partial charge in [-0.2, -0.15) is 0 Å². The molecule has 0 saturated carbocycles. The van der Waals surface area contributed by atoms with Crippen LogP contribution in [-0.4, -0.2) is 34.0 Å². The Morgan fingerprint density at radius 3 is 2.25 bits per heavy atom. The van der Waals surface area contributed by atoms with Gasteiger partial charge in [0.05, 0.1) is 0 Å². The molecule has 1 amide bonds. The minimum atomic E-state index is -0.826. The monoisotopic (exact) mass is 227 g/mol. The number of amides is 1. The fourth-order valence-corrected chi connectivity index (χ4v) is 2.43. The maximum atomic E-state index is 11.9. The Balaban J connectivity index is 2.41. The summed E-state index contributed by atoms with van der Waals surface area (Å²) >= 11 is 0. The van der Waals surface area contributed by atoms with Crippen molar-refractivity contribution in [2.45, 2.75) is 64.5 Å². The second kappa shape index (κ2) is 5.87. The summed E-state index contributed by atoms with van der Waals surface area (Å²) in [5.74, 6) is -0.714. The van der Waals surface area contributed by atoms with E-state index >= 15 is 0 Å². The van der Waals surface area contributed by atoms with Crippen LogP contribution in [0.4, 0.5) is 0 Å². The summed E-state index contributed by atoms with van der Waals surface area (Å²) in [5.41, 5.74) is 0. The van der Waals surface area contributed by atoms with Crippen molar-refractivity contribution in [3.8, 4) is 0 Å². The van der Waals surface area contributed by atoms with E-state index in [0.29, 0.717) is 24.9 Å². The van der Waals surface area contributed by atoms with Gasteiger partial charge in [0.25, 0.3) is 0 Å². The van der Waals surface area contributed by atoms with Gasteiger partial charge in [-0.3, -0.25) is 9.59 Å². The molecule has 0 aromatic heterocycles. The number of hydrogen-bond acceptors (Lipinski definition) is 2. The lowest BCUT2D eigenvalue weighted by Crippen LogP contribution is -2.47. The van der Waals surface area contributed by atoms with Gasteiger partial charge in [-0.15, -0.1) is 0 Å². The van der Waals surface area contributed by atoms with Gasteiger partial charge in [-0.05, 0) is 39.5 Å². The molecule has 0 bridgehead atoms. The Morgan fingerprint density at radius 1 is 1.19 bits per heavy atom. The fraction of sp³-hybridized carbons (Fsp3) is 0.833. The molecule has 1 rings (SSSR count). The van der Waals surface area contributed by atoms with Crippen LogP contribution in [-0.2, 0) is 9.59 Å². The Hall–Kier alpha value is -1.06. The lowest BCUT2D eigenvalue weighted by atomic mass is 9.97. The van der Waals surface area contributed by atoms with Gasteiger partial charge in [0.15, 0.2) is 0 Å². The zero-order chi connectivity index (χ0) is 12.1. The number of carbonyl (C=O) groups excluding carboxylic acids is 1. The number of likely N-dealkylation sites (tertiary alicyclic amines) is 1. The molecule has 0 aliphatic carbocycles. The number of carboxylic acid groups (broad SMARTS) is 1. The van der Waals surface area contributed by atoms with Gasteiger partial charge in [0, 0.05) is 24.9 Å². The Labute approximate surface area is 96.6 Å². The fourth-order valence-electron chi connectivity index (χ4n) is 2.43. The molecule has 1 aliphatic rings. The van der Waals surface area contributed by atoms with Gasteiger partial charge >= 0.3 is 5.97 Å². The molecule has 1 heterocycles. The van der Waals surface area contributed by atoms with Gasteiger partial charge in [0.2, 0.25) is 5.91 Å². The summed E-state index contributed by atoms with van der Waals surface area (Å²) in [5, 5.41) is 8.52. The van der Waals surface area contributed by atoms with E-state index in [1.165, 1.54) is 6.42 Å². The molecule has 0 spiro atoms. The first-order chi connectivity index (χ1) is 7.52. The number of hydrogen-bond donors (Lipinski definition) is 1. The van der Waals surface area contributed by atoms with Gasteiger partial charge in [-0.1, -0.05) is 0 Å². The zero-order valence-electron chi connectivity index (χ0n) is 10.1. The predicted molar refractivity (Wildman–Crippen MR) is 61.1 cm³/mol. The van der Waals surface area contributed by atoms with E-state index in [2.05, 4.69) is 13.8 Å². The van der Waals surface area contributed by atoms with E-state index in [0.717, 1.165) is 12.8 Å². The number of carboxylic acids is 1. The van der Waals surface area contributed by atoms with E-state index in [-0.39, 0.29) is 12.3 Å². The molecule has 2 unspecified atom stereocenters. The molecule has 1 aliphatic heterocycles. The maximum Gasteiger partial charge on any atom is 0.303 e. The number of aliphatic carboxylic acids is 1. The zero-order valence-corrected chi connectivity index (χ0v) is 10.1. The van der Waals surface area contributed by atoms with Crippen molar-refractivity contribution in [1.82, 2.24) is 4.90 Å². The SMILES string of the molecule is CC1CCCC(C)N1C(=O)CCCC(=O)O. The second-order valence-corrected chi connectivity index (χ2v) is 4.68. The highest BCUT2D eigenvalue weighted by atomic mass is 16.4. The molecule has 92 valence electrons. The highest BCUT2D eigenvalue weighted by molar-refractivity contribution is 5.77. The molecule has 0 radical (unpaired) electrons. The highest BCUT2D eigenvalue weighted by Gasteiger charge is 2.28. The summed E-state index contributed by atoms with van der Waals surface area (Å²) in [4.78, 5) is 24.2. The first kappa shape index (κ1) is 13.0. The Morgan fingerprint density at radius 2 is 1.75 bits per heavy atom. The second-order valence-electron chi connectivity index (χ2n) is 4.68. The summed E-state index contributed by atoms with van der Waals surface area (Å²) < 4.78 is 0. The quantitative estimate of drug-likeness (QED) is 0.799. The minimum absolute atomic E-state index is 0.0857. The smallest absolute Gasteiger partial charge is 0.303 e. The van der Waals surface area contributed by atoms with Crippen LogP contribution in [0.3, 0.4) is 0 Å². The summed E-state index contributed by atoms with van der Waals surface area (Å²) in [6.45, 7) is 4.15. The molecule has 1 N–H and O–H groups in total. The van der Waals surface area contributed by atoms with Crippen LogP contribution in [0.5, 0.6) is 0 Å². The third-order valence-corrected chi connectivity index (χ3v) is 3.26. The van der Waals surface area contributed by atoms with Crippen molar-refractivity contribution in [2.24, 2.45) is 0 Å². The van der Waals surface area contributed by atoms with Gasteiger partial charge < -0.3 is 10.0 Å². The average Bonchev–Trinajstić information content (AvgIpc) is 2.16. The molecule has 0 aromatic rings. The van der Waals surface area contributed by atoms with Crippen LogP contribution in [0.15, 0.2) is 0 Å². The van der Waals surface area contributed by atoms with Gasteiger partial charge in [-0.25, -0.2) is 0 Å². The van der Waals surface area contributed by atoms with Crippen LogP contribution in [0.2, 0.25) is 0 Å². The molecule has 1 fully saturated rings. The number of piperidine rings is 1. The topological polar surface area (TPSA) is 57.6 Å². The van der Waals surface area contributed by atoms with Crippen LogP contribution in [0.25, 0.3) is 0 Å². The molecule has 2 atom stereocenters. The Bertz CT molecular complexity index is 255. The normalized spacial score (nSPS) is 25.5. The molecule has 4 nitrogen and oxygen atoms in total. The van der Waals surface area contributed by atoms with Crippen LogP contribution >= 0.6 is 0 Å². The third kappa shape index (κ3) is 3.51. The van der Waals surface area contributed by atoms with Crippen molar-refractivity contribution < 1.29 is 14.7 Å². The molecule has 1 saturated heterocycles. The molecular formula is C12H21NO3. The first-order valence-electron chi connectivity index (χ1n) is 6.05. The van der Waals surface area contributed by atoms with Gasteiger partial charge in [0.1, 0.15) is 0 Å². The lowest BCUT2D eigenvalue weighted by molar-refractivity contribution is -0.138. The standard InChI is InChI=1S/C12H21NO3/c1-9-5-3-6-10(2)13(9)11(14)7-4-8-12(15)16/h9-10H,3-8H2,1-2H3,(H,15,16). The molecule has 16 heavy (non-hydrogen) atoms. The number of rotatable bonds is 4. The van der Waals surface area contributed by atoms with Crippen LogP contribution in [0.1, 0.15) is 52.4 Å². The van der Waals surface area contributed by atoms with Crippen molar-refractivity contribution in [3.63, 3.8) is 0 Å². The third-order valence-electron chi connectivity index (χ3n) is 3.26. The average molecular weight is 227 g/mol. The number of carbonyl (C=O) groups is 2. The van der Waals surface area contributed by atoms with E-state index < -0.39 is 5.97 Å². The van der Waals surface area contributed by atoms with Crippen molar-refractivity contribution in [2.75, 3.05) is 0 Å². The largest absolute Gasteiger partial charge is 0.481 e. The Kier molecular flexibility index (Phi) is 4.77. The van der Waals surface area contributed by atoms with E-state index in [1.54, 1.807) is 0 Å². The van der Waals surface area contributed by atoms with Crippen molar-refractivity contribution in [1.29, 1.82) is 0 Å². The summed E-state index contributed by atoms with van der Waals surface area (Å²) in [6, 6.07) is 0.613. The van der Waals surface area contributed by atoms with E-state index in [9.17, 15) is 9.59 Å². The van der Waals surface area contributed by atoms with E-state index in [1.807, 2.05) is 4.90 Å². The minimum Gasteiger partial charge on any atom is -0.481 e. The first-order valence-corrected chi connectivity index (χ1v) is 6.05. The van der Waals surface area contributed by atoms with Crippen LogP contribution < -0.4 is 0 Å².